The Morgan fingerprint density at radius 3 is 2.31 bits per heavy atom. The largest absolute Gasteiger partial charge is 0.338 e. The third kappa shape index (κ3) is 9.51. The number of likely N-dealkylation sites (tertiary alicyclic amines) is 1. The van der Waals surface area contributed by atoms with Crippen LogP contribution in [0.1, 0.15) is 97.6 Å². The second-order valence-electron chi connectivity index (χ2n) is 7.06. The molecule has 1 saturated heterocycles. The van der Waals surface area contributed by atoms with E-state index in [9.17, 15) is 0 Å². The van der Waals surface area contributed by atoms with Gasteiger partial charge >= 0.3 is 0 Å². The molecule has 1 unspecified atom stereocenters. The van der Waals surface area contributed by atoms with Crippen LogP contribution >= 0.6 is 0 Å². The van der Waals surface area contributed by atoms with Crippen molar-refractivity contribution in [2.24, 2.45) is 0 Å². The SMILES string of the molecule is C.C.C.CC(C)c1cccc(C#N)c1.Cc1noc(C2CCCN2C(C)C)n1.[Y]. The quantitative estimate of drug-likeness (QED) is 0.504. The van der Waals surface area contributed by atoms with Gasteiger partial charge in [-0.2, -0.15) is 10.2 Å². The van der Waals surface area contributed by atoms with E-state index in [0.29, 0.717) is 18.0 Å². The molecule has 1 aliphatic heterocycles. The normalized spacial score (nSPS) is 15.0. The van der Waals surface area contributed by atoms with Gasteiger partial charge in [-0.05, 0) is 63.8 Å². The first-order valence-corrected chi connectivity index (χ1v) is 8.98. The number of hydrogen-bond donors (Lipinski definition) is 0. The first kappa shape index (κ1) is 32.6. The van der Waals surface area contributed by atoms with Crippen molar-refractivity contribution in [3.8, 4) is 6.07 Å². The van der Waals surface area contributed by atoms with Crippen LogP contribution in [-0.2, 0) is 32.7 Å². The molecule has 29 heavy (non-hydrogen) atoms. The summed E-state index contributed by atoms with van der Waals surface area (Å²) in [5.41, 5.74) is 1.97. The second-order valence-corrected chi connectivity index (χ2v) is 7.06. The van der Waals surface area contributed by atoms with Crippen molar-refractivity contribution in [2.45, 2.75) is 87.7 Å². The van der Waals surface area contributed by atoms with E-state index in [-0.39, 0.29) is 55.0 Å². The Morgan fingerprint density at radius 2 is 1.83 bits per heavy atom. The third-order valence-corrected chi connectivity index (χ3v) is 4.47. The van der Waals surface area contributed by atoms with Crippen LogP contribution < -0.4 is 0 Å². The van der Waals surface area contributed by atoms with Crippen molar-refractivity contribution in [1.29, 1.82) is 5.26 Å². The molecule has 0 aliphatic carbocycles. The molecule has 1 aliphatic rings. The Labute approximate surface area is 204 Å². The average molecular weight is 478 g/mol. The van der Waals surface area contributed by atoms with E-state index in [4.69, 9.17) is 9.78 Å². The van der Waals surface area contributed by atoms with Gasteiger partial charge in [-0.15, -0.1) is 0 Å². The molecule has 0 N–H and O–H groups in total. The summed E-state index contributed by atoms with van der Waals surface area (Å²) in [4.78, 5) is 6.73. The van der Waals surface area contributed by atoms with Crippen LogP contribution in [0.25, 0.3) is 0 Å². The Morgan fingerprint density at radius 1 is 1.17 bits per heavy atom. The molecule has 0 spiro atoms. The van der Waals surface area contributed by atoms with Crippen LogP contribution in [0.4, 0.5) is 0 Å². The average Bonchev–Trinajstić information content (AvgIpc) is 3.24. The summed E-state index contributed by atoms with van der Waals surface area (Å²) in [7, 11) is 0. The van der Waals surface area contributed by atoms with Crippen molar-refractivity contribution in [1.82, 2.24) is 15.0 Å². The van der Waals surface area contributed by atoms with Crippen LogP contribution in [-0.4, -0.2) is 27.6 Å². The Balaban J connectivity index is -0.000000419. The fourth-order valence-corrected chi connectivity index (χ4v) is 3.09. The fourth-order valence-electron chi connectivity index (χ4n) is 3.09. The maximum absolute atomic E-state index is 8.59. The molecule has 1 fully saturated rings. The molecule has 1 atom stereocenters. The van der Waals surface area contributed by atoms with Gasteiger partial charge in [0.25, 0.3) is 0 Å². The molecule has 161 valence electrons. The number of hydrogen-bond acceptors (Lipinski definition) is 5. The number of aryl methyl sites for hydroxylation is 1. The molecule has 6 heteroatoms. The minimum absolute atomic E-state index is 0. The van der Waals surface area contributed by atoms with Crippen molar-refractivity contribution in [3.05, 3.63) is 47.1 Å². The summed E-state index contributed by atoms with van der Waals surface area (Å²) in [6, 6.07) is 10.7. The minimum Gasteiger partial charge on any atom is -0.338 e. The van der Waals surface area contributed by atoms with Crippen LogP contribution in [0.2, 0.25) is 0 Å². The van der Waals surface area contributed by atoms with Gasteiger partial charge in [0.2, 0.25) is 5.89 Å². The molecule has 1 aromatic carbocycles. The molecule has 2 heterocycles. The molecule has 0 saturated carbocycles. The summed E-state index contributed by atoms with van der Waals surface area (Å²) < 4.78 is 5.23. The van der Waals surface area contributed by atoms with Gasteiger partial charge in [0.15, 0.2) is 5.82 Å². The standard InChI is InChI=1S/C10H17N3O.C10H11N.3CH4.Y/c1-7(2)13-6-4-5-9(13)10-11-8(3)12-14-10;1-8(2)10-5-3-4-9(6-10)7-11;;;;/h7,9H,4-6H2,1-3H3;3-6,8H,1-2H3;3*1H4;. The number of nitriles is 1. The zero-order chi connectivity index (χ0) is 18.4. The summed E-state index contributed by atoms with van der Waals surface area (Å²) in [6.45, 7) is 11.7. The van der Waals surface area contributed by atoms with E-state index >= 15 is 0 Å². The van der Waals surface area contributed by atoms with Crippen LogP contribution in [0.5, 0.6) is 0 Å². The maximum Gasteiger partial charge on any atom is 0.243 e. The minimum atomic E-state index is 0. The number of aromatic nitrogens is 2. The van der Waals surface area contributed by atoms with Crippen molar-refractivity contribution in [3.63, 3.8) is 0 Å². The number of rotatable bonds is 3. The van der Waals surface area contributed by atoms with Gasteiger partial charge in [0, 0.05) is 38.8 Å². The molecule has 0 bridgehead atoms. The van der Waals surface area contributed by atoms with E-state index in [2.05, 4.69) is 48.8 Å². The van der Waals surface area contributed by atoms with Gasteiger partial charge in [-0.1, -0.05) is 53.4 Å². The first-order chi connectivity index (χ1) is 11.9. The van der Waals surface area contributed by atoms with Crippen molar-refractivity contribution >= 4 is 0 Å². The van der Waals surface area contributed by atoms with Gasteiger partial charge in [-0.25, -0.2) is 0 Å². The smallest absolute Gasteiger partial charge is 0.243 e. The molecule has 0 amide bonds. The van der Waals surface area contributed by atoms with Gasteiger partial charge in [-0.3, -0.25) is 4.90 Å². The molecule has 1 aromatic heterocycles. The topological polar surface area (TPSA) is 66.0 Å². The molecule has 2 aromatic rings. The summed E-state index contributed by atoms with van der Waals surface area (Å²) in [6.07, 6.45) is 2.37. The van der Waals surface area contributed by atoms with Crippen molar-refractivity contribution in [2.75, 3.05) is 6.54 Å². The zero-order valence-electron chi connectivity index (χ0n) is 16.4. The summed E-state index contributed by atoms with van der Waals surface area (Å²) in [5.74, 6) is 2.02. The number of nitrogens with zero attached hydrogens (tertiary/aromatic N) is 4. The van der Waals surface area contributed by atoms with E-state index in [1.165, 1.54) is 12.0 Å². The number of benzene rings is 1. The summed E-state index contributed by atoms with van der Waals surface area (Å²) >= 11 is 0. The second kappa shape index (κ2) is 15.7. The van der Waals surface area contributed by atoms with Crippen molar-refractivity contribution < 1.29 is 37.2 Å². The van der Waals surface area contributed by atoms with Crippen LogP contribution in [0, 0.1) is 18.3 Å². The summed E-state index contributed by atoms with van der Waals surface area (Å²) in [5, 5.41) is 12.4. The van der Waals surface area contributed by atoms with E-state index < -0.39 is 0 Å². The Hall–Kier alpha value is -1.09. The van der Waals surface area contributed by atoms with Crippen LogP contribution in [0.3, 0.4) is 0 Å². The predicted molar refractivity (Wildman–Crippen MR) is 118 cm³/mol. The first-order valence-electron chi connectivity index (χ1n) is 8.98. The fraction of sp³-hybridized carbons (Fsp3) is 0.609. The maximum atomic E-state index is 8.59. The van der Waals surface area contributed by atoms with Gasteiger partial charge < -0.3 is 4.52 Å². The van der Waals surface area contributed by atoms with Crippen LogP contribution in [0.15, 0.2) is 28.8 Å². The third-order valence-electron chi connectivity index (χ3n) is 4.47. The Kier molecular flexibility index (Phi) is 17.7. The molecule has 3 rings (SSSR count). The van der Waals surface area contributed by atoms with E-state index in [1.807, 2.05) is 31.2 Å². The monoisotopic (exact) mass is 477 g/mol. The zero-order valence-corrected chi connectivity index (χ0v) is 19.3. The molecule has 5 nitrogen and oxygen atoms in total. The molecular formula is C23H40N4OY. The van der Waals surface area contributed by atoms with E-state index in [0.717, 1.165) is 30.2 Å². The molecule has 1 radical (unpaired) electrons. The Bertz CT molecular complexity index is 722. The predicted octanol–water partition coefficient (Wildman–Crippen LogP) is 6.51. The molecular weight excluding hydrogens is 437 g/mol. The van der Waals surface area contributed by atoms with Gasteiger partial charge in [0.05, 0.1) is 17.7 Å². The van der Waals surface area contributed by atoms with Gasteiger partial charge in [0.1, 0.15) is 0 Å². The van der Waals surface area contributed by atoms with E-state index in [1.54, 1.807) is 0 Å².